The van der Waals surface area contributed by atoms with E-state index in [1.54, 1.807) is 0 Å². The first-order chi connectivity index (χ1) is 25.6. The van der Waals surface area contributed by atoms with Crippen LogP contribution >= 0.6 is 0 Å². The lowest BCUT2D eigenvalue weighted by Crippen LogP contribution is -2.30. The molecule has 4 heteroatoms. The van der Waals surface area contributed by atoms with Gasteiger partial charge in [0.15, 0.2) is 11.4 Å². The summed E-state index contributed by atoms with van der Waals surface area (Å²) in [6.07, 6.45) is 0.717. The molecule has 0 N–H and O–H groups in total. The van der Waals surface area contributed by atoms with E-state index in [0.29, 0.717) is 0 Å². The van der Waals surface area contributed by atoms with Crippen LogP contribution in [-0.4, -0.2) is 16.5 Å². The van der Waals surface area contributed by atoms with E-state index < -0.39 is 5.54 Å². The molecule has 2 aromatic heterocycles. The van der Waals surface area contributed by atoms with Crippen LogP contribution in [0.1, 0.15) is 30.0 Å². The molecule has 0 amide bonds. The molecule has 0 bridgehead atoms. The Bertz CT molecular complexity index is 2870. The first-order valence-corrected chi connectivity index (χ1v) is 17.7. The number of amidine groups is 1. The summed E-state index contributed by atoms with van der Waals surface area (Å²) < 4.78 is 6.69. The maximum absolute atomic E-state index is 6.69. The van der Waals surface area contributed by atoms with Gasteiger partial charge in [0.25, 0.3) is 0 Å². The topological polar surface area (TPSA) is 50.8 Å². The number of aliphatic imine (C=N–C) groups is 2. The zero-order valence-corrected chi connectivity index (χ0v) is 28.6. The Labute approximate surface area is 301 Å². The third-order valence-corrected chi connectivity index (χ3v) is 10.4. The predicted molar refractivity (Wildman–Crippen MR) is 215 cm³/mol. The number of rotatable bonds is 5. The lowest BCUT2D eigenvalue weighted by molar-refractivity contribution is 0.515. The first-order valence-electron chi connectivity index (χ1n) is 17.7. The molecule has 7 aromatic carbocycles. The summed E-state index contributed by atoms with van der Waals surface area (Å²) in [5, 5.41) is 5.69. The van der Waals surface area contributed by atoms with E-state index in [2.05, 4.69) is 159 Å². The van der Waals surface area contributed by atoms with Gasteiger partial charge in [0, 0.05) is 33.7 Å². The summed E-state index contributed by atoms with van der Waals surface area (Å²) in [7, 11) is 0. The molecule has 1 aliphatic heterocycles. The van der Waals surface area contributed by atoms with Crippen molar-refractivity contribution in [2.75, 3.05) is 0 Å². The van der Waals surface area contributed by atoms with E-state index in [9.17, 15) is 0 Å². The number of furan rings is 1. The molecule has 0 fully saturated rings. The summed E-state index contributed by atoms with van der Waals surface area (Å²) in [5.74, 6) is 0.725. The zero-order valence-electron chi connectivity index (χ0n) is 28.6. The van der Waals surface area contributed by atoms with Crippen LogP contribution in [-0.2, 0) is 5.54 Å². The van der Waals surface area contributed by atoms with Crippen LogP contribution in [0.3, 0.4) is 0 Å². The van der Waals surface area contributed by atoms with Gasteiger partial charge in [-0.25, -0.2) is 9.98 Å². The van der Waals surface area contributed by atoms with Crippen molar-refractivity contribution >= 4 is 55.2 Å². The van der Waals surface area contributed by atoms with Crippen molar-refractivity contribution in [1.29, 1.82) is 0 Å². The fourth-order valence-corrected chi connectivity index (χ4v) is 7.78. The molecule has 9 aromatic rings. The standard InChI is InChI=1S/C48H33N3O/c1-48(37-17-6-3-7-18-37)30-41(32-14-4-2-5-15-32)50-47(51-48)34-26-24-33(25-27-34)45-46-44(39-19-10-11-22-42(39)52-46)43-38(20-12-21-40(43)49-45)36-28-23-31-13-8-9-16-35(31)29-36/h2-29H,30H2,1H3. The summed E-state index contributed by atoms with van der Waals surface area (Å²) >= 11 is 0. The van der Waals surface area contributed by atoms with Gasteiger partial charge in [-0.3, -0.25) is 4.99 Å². The van der Waals surface area contributed by atoms with Gasteiger partial charge >= 0.3 is 0 Å². The lowest BCUT2D eigenvalue weighted by atomic mass is 9.84. The Kier molecular flexibility index (Phi) is 6.97. The normalized spacial score (nSPS) is 16.0. The summed E-state index contributed by atoms with van der Waals surface area (Å²) in [6, 6.07) is 59.3. The minimum absolute atomic E-state index is 0.453. The highest BCUT2D eigenvalue weighted by Crippen LogP contribution is 2.43. The van der Waals surface area contributed by atoms with Gasteiger partial charge < -0.3 is 4.42 Å². The highest BCUT2D eigenvalue weighted by molar-refractivity contribution is 6.24. The van der Waals surface area contributed by atoms with E-state index in [1.807, 2.05) is 18.2 Å². The summed E-state index contributed by atoms with van der Waals surface area (Å²) in [5.41, 5.74) is 10.5. The first kappa shape index (κ1) is 30.2. The second kappa shape index (κ2) is 12.0. The molecule has 246 valence electrons. The van der Waals surface area contributed by atoms with E-state index in [4.69, 9.17) is 19.4 Å². The fourth-order valence-electron chi connectivity index (χ4n) is 7.78. The molecule has 1 unspecified atom stereocenters. The van der Waals surface area contributed by atoms with Gasteiger partial charge in [-0.1, -0.05) is 152 Å². The van der Waals surface area contributed by atoms with Crippen LogP contribution in [0.2, 0.25) is 0 Å². The van der Waals surface area contributed by atoms with Crippen LogP contribution in [0.4, 0.5) is 0 Å². The summed E-state index contributed by atoms with van der Waals surface area (Å²) in [6.45, 7) is 2.21. The molecule has 52 heavy (non-hydrogen) atoms. The van der Waals surface area contributed by atoms with Gasteiger partial charge in [-0.2, -0.15) is 0 Å². The largest absolute Gasteiger partial charge is 0.454 e. The number of para-hydroxylation sites is 1. The summed E-state index contributed by atoms with van der Waals surface area (Å²) in [4.78, 5) is 15.8. The molecular formula is C48H33N3O. The van der Waals surface area contributed by atoms with Crippen LogP contribution < -0.4 is 0 Å². The smallest absolute Gasteiger partial charge is 0.162 e. The number of hydrogen-bond donors (Lipinski definition) is 0. The molecule has 4 nitrogen and oxygen atoms in total. The Balaban J connectivity index is 1.13. The Morgan fingerprint density at radius 2 is 1.25 bits per heavy atom. The minimum atomic E-state index is -0.453. The van der Waals surface area contributed by atoms with Crippen LogP contribution in [0.15, 0.2) is 184 Å². The SMILES string of the molecule is CC1(c2ccccc2)CC(c2ccccc2)=NC(c2ccc(-c3nc4cccc(-c5ccc6ccccc6c5)c4c4c3oc3ccccc34)cc2)=N1. The number of benzene rings is 7. The Morgan fingerprint density at radius 1 is 0.558 bits per heavy atom. The Hall–Kier alpha value is -6.65. The van der Waals surface area contributed by atoms with Gasteiger partial charge in [0.1, 0.15) is 11.3 Å². The van der Waals surface area contributed by atoms with Crippen molar-refractivity contribution in [2.45, 2.75) is 18.9 Å². The van der Waals surface area contributed by atoms with Crippen LogP contribution in [0.25, 0.3) is 66.0 Å². The molecule has 0 saturated carbocycles. The van der Waals surface area contributed by atoms with Gasteiger partial charge in [-0.15, -0.1) is 0 Å². The molecule has 0 saturated heterocycles. The maximum Gasteiger partial charge on any atom is 0.162 e. The van der Waals surface area contributed by atoms with Crippen molar-refractivity contribution < 1.29 is 4.42 Å². The zero-order chi connectivity index (χ0) is 34.6. The monoisotopic (exact) mass is 667 g/mol. The van der Waals surface area contributed by atoms with Gasteiger partial charge in [-0.05, 0) is 58.1 Å². The van der Waals surface area contributed by atoms with Crippen molar-refractivity contribution in [3.63, 3.8) is 0 Å². The minimum Gasteiger partial charge on any atom is -0.454 e. The third kappa shape index (κ3) is 5.03. The van der Waals surface area contributed by atoms with E-state index in [-0.39, 0.29) is 0 Å². The van der Waals surface area contributed by atoms with Gasteiger partial charge in [0.05, 0.1) is 16.8 Å². The fraction of sp³-hybridized carbons (Fsp3) is 0.0625. The van der Waals surface area contributed by atoms with Gasteiger partial charge in [0.2, 0.25) is 0 Å². The van der Waals surface area contributed by atoms with Crippen LogP contribution in [0.5, 0.6) is 0 Å². The van der Waals surface area contributed by atoms with E-state index in [0.717, 1.165) is 84.3 Å². The Morgan fingerprint density at radius 3 is 2.08 bits per heavy atom. The van der Waals surface area contributed by atoms with E-state index >= 15 is 0 Å². The third-order valence-electron chi connectivity index (χ3n) is 10.4. The van der Waals surface area contributed by atoms with Crippen molar-refractivity contribution in [2.24, 2.45) is 9.98 Å². The number of pyridine rings is 1. The molecule has 1 aliphatic rings. The average Bonchev–Trinajstić information content (AvgIpc) is 3.60. The van der Waals surface area contributed by atoms with E-state index in [1.165, 1.54) is 16.3 Å². The molecule has 10 rings (SSSR count). The molecule has 0 aliphatic carbocycles. The molecule has 0 spiro atoms. The predicted octanol–water partition coefficient (Wildman–Crippen LogP) is 12.2. The highest BCUT2D eigenvalue weighted by atomic mass is 16.3. The average molecular weight is 668 g/mol. The molecule has 3 heterocycles. The second-order valence-electron chi connectivity index (χ2n) is 13.8. The van der Waals surface area contributed by atoms with Crippen molar-refractivity contribution in [1.82, 2.24) is 4.98 Å². The maximum atomic E-state index is 6.69. The number of fused-ring (bicyclic) bond motifs is 6. The molecule has 0 radical (unpaired) electrons. The number of nitrogens with zero attached hydrogens (tertiary/aromatic N) is 3. The number of hydrogen-bond acceptors (Lipinski definition) is 4. The van der Waals surface area contributed by atoms with Crippen molar-refractivity contribution in [3.05, 3.63) is 187 Å². The lowest BCUT2D eigenvalue weighted by Gasteiger charge is -2.31. The molecular weight excluding hydrogens is 635 g/mol. The highest BCUT2D eigenvalue weighted by Gasteiger charge is 2.33. The van der Waals surface area contributed by atoms with Crippen LogP contribution in [0, 0.1) is 0 Å². The molecule has 1 atom stereocenters. The second-order valence-corrected chi connectivity index (χ2v) is 13.8. The quantitative estimate of drug-likeness (QED) is 0.183. The van der Waals surface area contributed by atoms with Crippen molar-refractivity contribution in [3.8, 4) is 22.4 Å². The number of aromatic nitrogens is 1.